The first kappa shape index (κ1) is 19.8. The summed E-state index contributed by atoms with van der Waals surface area (Å²) in [5, 5.41) is 30.8. The van der Waals surface area contributed by atoms with E-state index in [-0.39, 0.29) is 11.7 Å². The first-order valence-corrected chi connectivity index (χ1v) is 9.55. The number of fused-ring (bicyclic) bond motifs is 1. The number of aryl methyl sites for hydroxylation is 1. The van der Waals surface area contributed by atoms with E-state index in [1.807, 2.05) is 30.3 Å². The van der Waals surface area contributed by atoms with E-state index in [9.17, 15) is 19.6 Å². The molecule has 0 unspecified atom stereocenters. The van der Waals surface area contributed by atoms with Crippen LogP contribution in [0.4, 0.5) is 5.69 Å². The number of carbonyl (C=O) groups is 2. The zero-order chi connectivity index (χ0) is 21.1. The van der Waals surface area contributed by atoms with Crippen molar-refractivity contribution < 1.29 is 19.6 Å². The van der Waals surface area contributed by atoms with Gasteiger partial charge < -0.3 is 20.7 Å². The third kappa shape index (κ3) is 4.39. The minimum absolute atomic E-state index is 0.0267. The zero-order valence-corrected chi connectivity index (χ0v) is 16.0. The molecule has 0 spiro atoms. The van der Waals surface area contributed by atoms with E-state index in [1.165, 1.54) is 6.07 Å². The lowest BCUT2D eigenvalue weighted by molar-refractivity contribution is -0.118. The molecule has 1 atom stereocenters. The molecule has 5 N–H and O–H groups in total. The number of nitrogens with zero attached hydrogens (tertiary/aromatic N) is 2. The van der Waals surface area contributed by atoms with Crippen molar-refractivity contribution in [1.82, 2.24) is 20.5 Å². The van der Waals surface area contributed by atoms with Crippen LogP contribution in [-0.4, -0.2) is 50.2 Å². The number of aromatic amines is 1. The molecule has 2 amide bonds. The van der Waals surface area contributed by atoms with E-state index in [0.29, 0.717) is 36.2 Å². The van der Waals surface area contributed by atoms with Gasteiger partial charge in [0.1, 0.15) is 11.9 Å². The lowest BCUT2D eigenvalue weighted by atomic mass is 9.79. The van der Waals surface area contributed by atoms with Crippen molar-refractivity contribution in [1.29, 1.82) is 0 Å². The monoisotopic (exact) mass is 405 g/mol. The van der Waals surface area contributed by atoms with E-state index in [2.05, 4.69) is 25.8 Å². The van der Waals surface area contributed by atoms with Crippen molar-refractivity contribution in [2.24, 2.45) is 0 Å². The molecule has 1 aliphatic rings. The average Bonchev–Trinajstić information content (AvgIpc) is 3.14. The number of H-pyrrole nitrogens is 1. The lowest BCUT2D eigenvalue weighted by Gasteiger charge is -2.13. The van der Waals surface area contributed by atoms with Crippen LogP contribution in [0.25, 0.3) is 0 Å². The summed E-state index contributed by atoms with van der Waals surface area (Å²) >= 11 is 0. The Hall–Kier alpha value is -3.50. The predicted octanol–water partition coefficient (Wildman–Crippen LogP) is -0.241. The van der Waals surface area contributed by atoms with Crippen LogP contribution in [0.5, 0.6) is 0 Å². The van der Waals surface area contributed by atoms with Gasteiger partial charge in [-0.25, -0.2) is 4.98 Å². The molecule has 0 radical (unpaired) electrons. The maximum atomic E-state index is 12.6. The number of aromatic nitrogens is 3. The van der Waals surface area contributed by atoms with Crippen LogP contribution in [-0.2, 0) is 17.6 Å². The molecule has 4 rings (SSSR count). The molecule has 9 nitrogen and oxygen atoms in total. The van der Waals surface area contributed by atoms with Crippen LogP contribution in [0.2, 0.25) is 0 Å². The zero-order valence-electron chi connectivity index (χ0n) is 16.0. The summed E-state index contributed by atoms with van der Waals surface area (Å²) in [6.45, 7) is 0. The largest absolute Gasteiger partial charge is 0.488 e. The van der Waals surface area contributed by atoms with Gasteiger partial charge in [-0.3, -0.25) is 14.7 Å². The van der Waals surface area contributed by atoms with Crippen LogP contribution >= 0.6 is 0 Å². The lowest BCUT2D eigenvalue weighted by Crippen LogP contribution is -2.43. The number of hydrogen-bond acceptors (Lipinski definition) is 6. The van der Waals surface area contributed by atoms with Gasteiger partial charge in [0, 0.05) is 12.1 Å². The second kappa shape index (κ2) is 8.48. The van der Waals surface area contributed by atoms with Gasteiger partial charge in [0.2, 0.25) is 11.7 Å². The van der Waals surface area contributed by atoms with Gasteiger partial charge in [-0.2, -0.15) is 0 Å². The summed E-state index contributed by atoms with van der Waals surface area (Å²) in [5.41, 5.74) is 2.74. The van der Waals surface area contributed by atoms with Crippen molar-refractivity contribution in [3.8, 4) is 0 Å². The maximum Gasteiger partial charge on any atom is 0.488 e. The third-order valence-corrected chi connectivity index (χ3v) is 4.96. The second-order valence-corrected chi connectivity index (χ2v) is 7.11. The number of rotatable bonds is 5. The average molecular weight is 405 g/mol. The van der Waals surface area contributed by atoms with Crippen molar-refractivity contribution in [3.05, 3.63) is 71.3 Å². The van der Waals surface area contributed by atoms with Crippen LogP contribution < -0.4 is 16.1 Å². The van der Waals surface area contributed by atoms with E-state index < -0.39 is 19.1 Å². The van der Waals surface area contributed by atoms with E-state index in [1.54, 1.807) is 12.1 Å². The Morgan fingerprint density at radius 2 is 2.00 bits per heavy atom. The molecular formula is C20H20BN5O4. The van der Waals surface area contributed by atoms with Gasteiger partial charge >= 0.3 is 7.12 Å². The fraction of sp³-hybridized carbons (Fsp3) is 0.200. The van der Waals surface area contributed by atoms with Crippen LogP contribution in [0.1, 0.15) is 34.0 Å². The molecule has 3 aromatic rings. The summed E-state index contributed by atoms with van der Waals surface area (Å²) < 4.78 is 0. The number of nitrogens with one attached hydrogen (secondary N) is 3. The SMILES string of the molecule is O=C(N[C@H]1CCc2cc(B(O)O)ccc2NC1=O)c1n[nH]c(Cc2ccccc2)n1. The highest BCUT2D eigenvalue weighted by atomic mass is 16.4. The summed E-state index contributed by atoms with van der Waals surface area (Å²) in [7, 11) is -1.58. The third-order valence-electron chi connectivity index (χ3n) is 4.96. The van der Waals surface area contributed by atoms with E-state index >= 15 is 0 Å². The smallest absolute Gasteiger partial charge is 0.423 e. The Morgan fingerprint density at radius 1 is 1.20 bits per heavy atom. The predicted molar refractivity (Wildman–Crippen MR) is 110 cm³/mol. The van der Waals surface area contributed by atoms with E-state index in [0.717, 1.165) is 11.1 Å². The van der Waals surface area contributed by atoms with Gasteiger partial charge in [-0.15, -0.1) is 5.10 Å². The maximum absolute atomic E-state index is 12.6. The van der Waals surface area contributed by atoms with Crippen molar-refractivity contribution in [2.45, 2.75) is 25.3 Å². The molecule has 2 heterocycles. The number of hydrogen-bond donors (Lipinski definition) is 5. The molecule has 30 heavy (non-hydrogen) atoms. The highest BCUT2D eigenvalue weighted by molar-refractivity contribution is 6.58. The summed E-state index contributed by atoms with van der Waals surface area (Å²) in [5.74, 6) is -0.358. The Balaban J connectivity index is 1.42. The van der Waals surface area contributed by atoms with Gasteiger partial charge in [-0.1, -0.05) is 42.5 Å². The Kier molecular flexibility index (Phi) is 5.60. The second-order valence-electron chi connectivity index (χ2n) is 7.11. The molecule has 152 valence electrons. The molecule has 0 saturated heterocycles. The first-order valence-electron chi connectivity index (χ1n) is 9.55. The molecule has 0 aliphatic carbocycles. The Morgan fingerprint density at radius 3 is 2.77 bits per heavy atom. The van der Waals surface area contributed by atoms with Crippen molar-refractivity contribution in [2.75, 3.05) is 5.32 Å². The van der Waals surface area contributed by atoms with Crippen LogP contribution in [0.3, 0.4) is 0 Å². The number of benzene rings is 2. The molecule has 0 bridgehead atoms. The minimum Gasteiger partial charge on any atom is -0.423 e. The van der Waals surface area contributed by atoms with Gasteiger partial charge in [0.15, 0.2) is 0 Å². The Labute approximate surface area is 172 Å². The summed E-state index contributed by atoms with van der Waals surface area (Å²) in [4.78, 5) is 29.3. The highest BCUT2D eigenvalue weighted by Gasteiger charge is 2.27. The van der Waals surface area contributed by atoms with Crippen LogP contribution in [0, 0.1) is 0 Å². The number of carbonyl (C=O) groups excluding carboxylic acids is 2. The van der Waals surface area contributed by atoms with Gasteiger partial charge in [0.05, 0.1) is 0 Å². The van der Waals surface area contributed by atoms with Gasteiger partial charge in [0.25, 0.3) is 5.91 Å². The molecule has 1 aromatic heterocycles. The highest BCUT2D eigenvalue weighted by Crippen LogP contribution is 2.21. The standard InChI is InChI=1S/C20H20BN5O4/c27-19-16(8-6-13-11-14(21(29)30)7-9-15(13)22-19)23-20(28)18-24-17(25-26-18)10-12-4-2-1-3-5-12/h1-5,7,9,11,16,29-30H,6,8,10H2,(H,22,27)(H,23,28)(H,24,25,26)/t16-/m0/s1. The number of amides is 2. The summed E-state index contributed by atoms with van der Waals surface area (Å²) in [6, 6.07) is 13.7. The van der Waals surface area contributed by atoms with Crippen molar-refractivity contribution in [3.63, 3.8) is 0 Å². The van der Waals surface area contributed by atoms with E-state index in [4.69, 9.17) is 0 Å². The fourth-order valence-corrected chi connectivity index (χ4v) is 3.38. The Bertz CT molecular complexity index is 1070. The molecule has 2 aromatic carbocycles. The molecule has 10 heteroatoms. The van der Waals surface area contributed by atoms with Crippen LogP contribution in [0.15, 0.2) is 48.5 Å². The molecule has 0 fully saturated rings. The molecule has 0 saturated carbocycles. The summed E-state index contributed by atoms with van der Waals surface area (Å²) in [6.07, 6.45) is 1.35. The molecular weight excluding hydrogens is 385 g/mol. The fourth-order valence-electron chi connectivity index (χ4n) is 3.38. The normalized spacial score (nSPS) is 15.7. The quantitative estimate of drug-likeness (QED) is 0.371. The first-order chi connectivity index (χ1) is 14.5. The molecule has 1 aliphatic heterocycles. The topological polar surface area (TPSA) is 140 Å². The van der Waals surface area contributed by atoms with Gasteiger partial charge in [-0.05, 0) is 35.5 Å². The number of anilines is 1. The minimum atomic E-state index is -1.58. The van der Waals surface area contributed by atoms with Crippen molar-refractivity contribution >= 4 is 30.1 Å².